The van der Waals surface area contributed by atoms with Crippen LogP contribution in [0.15, 0.2) is 18.2 Å². The molecule has 0 amide bonds. The minimum absolute atomic E-state index is 0.100. The van der Waals surface area contributed by atoms with E-state index >= 15 is 0 Å². The van der Waals surface area contributed by atoms with Gasteiger partial charge >= 0.3 is 6.18 Å². The first kappa shape index (κ1) is 14.2. The molecular formula is C12H12F3N3O2. The van der Waals surface area contributed by atoms with Crippen LogP contribution in [0.25, 0.3) is 10.9 Å². The van der Waals surface area contributed by atoms with Gasteiger partial charge in [-0.05, 0) is 12.1 Å². The maximum atomic E-state index is 12.8. The number of alkyl halides is 3. The van der Waals surface area contributed by atoms with Crippen LogP contribution >= 0.6 is 0 Å². The third kappa shape index (κ3) is 2.42. The number of nitrogens with one attached hydrogen (secondary N) is 1. The minimum Gasteiger partial charge on any atom is -0.493 e. The number of methoxy groups -OCH3 is 2. The van der Waals surface area contributed by atoms with Crippen molar-refractivity contribution < 1.29 is 22.6 Å². The SMILES string of the molecule is COc1cc2nc(C(F)(F)F)cc(NN)c2cc1OC. The summed E-state index contributed by atoms with van der Waals surface area (Å²) in [6, 6.07) is 3.72. The number of benzene rings is 1. The van der Waals surface area contributed by atoms with Gasteiger partial charge in [0.1, 0.15) is 5.69 Å². The topological polar surface area (TPSA) is 69.4 Å². The summed E-state index contributed by atoms with van der Waals surface area (Å²) in [6.07, 6.45) is -4.56. The normalized spacial score (nSPS) is 11.5. The van der Waals surface area contributed by atoms with Gasteiger partial charge in [0.05, 0.1) is 25.4 Å². The third-order valence-electron chi connectivity index (χ3n) is 2.76. The Morgan fingerprint density at radius 2 is 1.70 bits per heavy atom. The highest BCUT2D eigenvalue weighted by atomic mass is 19.4. The van der Waals surface area contributed by atoms with Gasteiger partial charge in [0, 0.05) is 11.5 Å². The molecule has 5 nitrogen and oxygen atoms in total. The Labute approximate surface area is 112 Å². The number of hydrogen-bond donors (Lipinski definition) is 2. The molecule has 1 aromatic heterocycles. The number of halogens is 3. The summed E-state index contributed by atoms with van der Waals surface area (Å²) in [7, 11) is 2.82. The molecule has 3 N–H and O–H groups in total. The van der Waals surface area contributed by atoms with Gasteiger partial charge in [0.15, 0.2) is 11.5 Å². The first-order valence-corrected chi connectivity index (χ1v) is 5.51. The van der Waals surface area contributed by atoms with Crippen molar-refractivity contribution >= 4 is 16.6 Å². The van der Waals surface area contributed by atoms with Gasteiger partial charge in [-0.15, -0.1) is 0 Å². The Morgan fingerprint density at radius 3 is 2.20 bits per heavy atom. The first-order chi connectivity index (χ1) is 9.40. The van der Waals surface area contributed by atoms with Crippen molar-refractivity contribution in [3.63, 3.8) is 0 Å². The van der Waals surface area contributed by atoms with Crippen molar-refractivity contribution in [2.24, 2.45) is 5.84 Å². The molecule has 0 bridgehead atoms. The van der Waals surface area contributed by atoms with Crippen molar-refractivity contribution in [1.82, 2.24) is 4.98 Å². The molecular weight excluding hydrogens is 275 g/mol. The Hall–Kier alpha value is -2.22. The van der Waals surface area contributed by atoms with Crippen LogP contribution in [0.1, 0.15) is 5.69 Å². The molecule has 0 atom stereocenters. The molecule has 1 aromatic carbocycles. The fraction of sp³-hybridized carbons (Fsp3) is 0.250. The van der Waals surface area contributed by atoms with Gasteiger partial charge in [-0.3, -0.25) is 5.84 Å². The van der Waals surface area contributed by atoms with Gasteiger partial charge in [-0.2, -0.15) is 13.2 Å². The number of nitrogens with zero attached hydrogens (tertiary/aromatic N) is 1. The predicted octanol–water partition coefficient (Wildman–Crippen LogP) is 2.56. The van der Waals surface area contributed by atoms with Crippen LogP contribution in [0.2, 0.25) is 0 Å². The molecule has 0 aliphatic carbocycles. The number of nitrogen functional groups attached to an aromatic ring is 1. The number of pyridine rings is 1. The van der Waals surface area contributed by atoms with E-state index in [1.807, 2.05) is 0 Å². The average Bonchev–Trinajstić information content (AvgIpc) is 2.43. The van der Waals surface area contributed by atoms with Crippen molar-refractivity contribution in [3.05, 3.63) is 23.9 Å². The second-order valence-electron chi connectivity index (χ2n) is 3.92. The monoisotopic (exact) mass is 287 g/mol. The second-order valence-corrected chi connectivity index (χ2v) is 3.92. The highest BCUT2D eigenvalue weighted by Gasteiger charge is 2.33. The second kappa shape index (κ2) is 5.04. The van der Waals surface area contributed by atoms with E-state index in [2.05, 4.69) is 10.4 Å². The Bertz CT molecular complexity index is 644. The van der Waals surface area contributed by atoms with E-state index in [9.17, 15) is 13.2 Å². The zero-order valence-electron chi connectivity index (χ0n) is 10.7. The van der Waals surface area contributed by atoms with Crippen LogP contribution in [0.3, 0.4) is 0 Å². The largest absolute Gasteiger partial charge is 0.493 e. The zero-order valence-corrected chi connectivity index (χ0v) is 10.7. The first-order valence-electron chi connectivity index (χ1n) is 5.51. The molecule has 0 radical (unpaired) electrons. The lowest BCUT2D eigenvalue weighted by atomic mass is 10.1. The van der Waals surface area contributed by atoms with Gasteiger partial charge in [0.2, 0.25) is 0 Å². The third-order valence-corrected chi connectivity index (χ3v) is 2.76. The number of fused-ring (bicyclic) bond motifs is 1. The minimum atomic E-state index is -4.56. The predicted molar refractivity (Wildman–Crippen MR) is 67.7 cm³/mol. The van der Waals surface area contributed by atoms with Crippen LogP contribution in [0, 0.1) is 0 Å². The van der Waals surface area contributed by atoms with Crippen molar-refractivity contribution in [1.29, 1.82) is 0 Å². The fourth-order valence-electron chi connectivity index (χ4n) is 1.82. The van der Waals surface area contributed by atoms with Crippen LogP contribution in [0.5, 0.6) is 11.5 Å². The highest BCUT2D eigenvalue weighted by Crippen LogP contribution is 2.37. The maximum Gasteiger partial charge on any atom is 0.433 e. The summed E-state index contributed by atoms with van der Waals surface area (Å²) in [4.78, 5) is 3.58. The summed E-state index contributed by atoms with van der Waals surface area (Å²) in [5.74, 6) is 5.93. The molecule has 8 heteroatoms. The average molecular weight is 287 g/mol. The number of hydrogen-bond acceptors (Lipinski definition) is 5. The zero-order chi connectivity index (χ0) is 14.9. The van der Waals surface area contributed by atoms with Crippen LogP contribution in [-0.4, -0.2) is 19.2 Å². The Morgan fingerprint density at radius 1 is 1.10 bits per heavy atom. The van der Waals surface area contributed by atoms with E-state index in [0.29, 0.717) is 11.1 Å². The molecule has 2 aromatic rings. The van der Waals surface area contributed by atoms with Crippen molar-refractivity contribution in [3.8, 4) is 11.5 Å². The number of ether oxygens (including phenoxy) is 2. The van der Waals surface area contributed by atoms with Gasteiger partial charge in [0.25, 0.3) is 0 Å². The Kier molecular flexibility index (Phi) is 3.58. The number of hydrazine groups is 1. The summed E-state index contributed by atoms with van der Waals surface area (Å²) in [6.45, 7) is 0. The number of aromatic nitrogens is 1. The van der Waals surface area contributed by atoms with E-state index in [1.165, 1.54) is 26.4 Å². The van der Waals surface area contributed by atoms with Crippen molar-refractivity contribution in [2.45, 2.75) is 6.18 Å². The molecule has 0 saturated heterocycles. The molecule has 108 valence electrons. The van der Waals surface area contributed by atoms with Gasteiger partial charge < -0.3 is 14.9 Å². The molecule has 0 fully saturated rings. The maximum absolute atomic E-state index is 12.8. The standard InChI is InChI=1S/C12H12F3N3O2/c1-19-9-3-6-7(4-10(9)20-2)17-11(12(13,14)15)5-8(6)18-16/h3-5H,16H2,1-2H3,(H,17,18). The van der Waals surface area contributed by atoms with Gasteiger partial charge in [-0.25, -0.2) is 4.98 Å². The lowest BCUT2D eigenvalue weighted by Crippen LogP contribution is -2.13. The molecule has 0 spiro atoms. The van der Waals surface area contributed by atoms with Crippen LogP contribution < -0.4 is 20.7 Å². The summed E-state index contributed by atoms with van der Waals surface area (Å²) >= 11 is 0. The molecule has 0 unspecified atom stereocenters. The summed E-state index contributed by atoms with van der Waals surface area (Å²) in [5, 5.41) is 0.401. The summed E-state index contributed by atoms with van der Waals surface area (Å²) in [5.41, 5.74) is 1.40. The van der Waals surface area contributed by atoms with E-state index in [4.69, 9.17) is 15.3 Å². The fourth-order valence-corrected chi connectivity index (χ4v) is 1.82. The molecule has 0 saturated carbocycles. The molecule has 20 heavy (non-hydrogen) atoms. The number of anilines is 1. The van der Waals surface area contributed by atoms with Gasteiger partial charge in [-0.1, -0.05) is 0 Å². The summed E-state index contributed by atoms with van der Waals surface area (Å²) < 4.78 is 48.5. The lowest BCUT2D eigenvalue weighted by molar-refractivity contribution is -0.140. The molecule has 0 aliphatic heterocycles. The smallest absolute Gasteiger partial charge is 0.433 e. The van der Waals surface area contributed by atoms with E-state index in [-0.39, 0.29) is 17.0 Å². The highest BCUT2D eigenvalue weighted by molar-refractivity contribution is 5.93. The van der Waals surface area contributed by atoms with Crippen LogP contribution in [-0.2, 0) is 6.18 Å². The molecule has 2 rings (SSSR count). The molecule has 1 heterocycles. The number of rotatable bonds is 3. The van der Waals surface area contributed by atoms with E-state index in [1.54, 1.807) is 0 Å². The molecule has 0 aliphatic rings. The van der Waals surface area contributed by atoms with Crippen molar-refractivity contribution in [2.75, 3.05) is 19.6 Å². The lowest BCUT2D eigenvalue weighted by Gasteiger charge is -2.14. The number of nitrogens with two attached hydrogens (primary N) is 1. The quantitative estimate of drug-likeness (QED) is 0.670. The van der Waals surface area contributed by atoms with E-state index in [0.717, 1.165) is 6.07 Å². The Balaban J connectivity index is 2.77. The van der Waals surface area contributed by atoms with Crippen LogP contribution in [0.4, 0.5) is 18.9 Å². The van der Waals surface area contributed by atoms with E-state index < -0.39 is 11.9 Å².